The number of rotatable bonds is 11. The van der Waals surface area contributed by atoms with E-state index in [2.05, 4.69) is 110 Å². The lowest BCUT2D eigenvalue weighted by Gasteiger charge is -2.34. The second kappa shape index (κ2) is 19.7. The number of hydrogen-bond acceptors (Lipinski definition) is 7. The molecule has 1 N–H and O–H groups in total. The van der Waals surface area contributed by atoms with Crippen molar-refractivity contribution >= 4 is 33.5 Å². The number of fused-ring (bicyclic) bond motifs is 2. The third-order valence-corrected chi connectivity index (χ3v) is 13.9. The number of hydrogen-bond donors (Lipinski definition) is 1. The SMILES string of the molecule is CC1(C)CCC(Oc2cccc3cc(CN4CCC(C(=O)O)CC4)ccc23)CC1.CCOC(=O)C1CCN(Cc2ccc3c(OC4CCC(C)(C)CC4)cccc3c2)CC1. The normalized spacial score (nSPS) is 20.9. The molecule has 8 nitrogen and oxygen atoms in total. The smallest absolute Gasteiger partial charge is 0.309 e. The van der Waals surface area contributed by atoms with Crippen LogP contribution in [-0.4, -0.2) is 71.8 Å². The molecule has 2 aliphatic heterocycles. The van der Waals surface area contributed by atoms with E-state index < -0.39 is 5.97 Å². The van der Waals surface area contributed by atoms with E-state index in [4.69, 9.17) is 14.2 Å². The minimum Gasteiger partial charge on any atom is -0.490 e. The first-order valence-corrected chi connectivity index (χ1v) is 23.0. The number of piperidine rings is 2. The number of carboxylic acids is 1. The second-order valence-corrected chi connectivity index (χ2v) is 19.8. The molecular formula is C52H70N2O6. The van der Waals surface area contributed by atoms with Gasteiger partial charge in [-0.2, -0.15) is 0 Å². The molecule has 4 aromatic carbocycles. The van der Waals surface area contributed by atoms with Crippen molar-refractivity contribution in [3.63, 3.8) is 0 Å². The van der Waals surface area contributed by atoms with Crippen molar-refractivity contribution in [1.29, 1.82) is 0 Å². The first-order valence-electron chi connectivity index (χ1n) is 23.0. The lowest BCUT2D eigenvalue weighted by molar-refractivity contribution is -0.149. The molecule has 8 heteroatoms. The van der Waals surface area contributed by atoms with Gasteiger partial charge in [0, 0.05) is 23.9 Å². The predicted molar refractivity (Wildman–Crippen MR) is 241 cm³/mol. The molecule has 2 aliphatic carbocycles. The minimum absolute atomic E-state index is 0.0260. The van der Waals surface area contributed by atoms with E-state index in [1.54, 1.807) is 0 Å². The number of carbonyl (C=O) groups is 2. The third kappa shape index (κ3) is 11.8. The average Bonchev–Trinajstić information content (AvgIpc) is 3.23. The van der Waals surface area contributed by atoms with Crippen molar-refractivity contribution in [3.8, 4) is 11.5 Å². The van der Waals surface area contributed by atoms with Crippen LogP contribution in [0.5, 0.6) is 11.5 Å². The Morgan fingerprint density at radius 2 is 1.02 bits per heavy atom. The van der Waals surface area contributed by atoms with Gasteiger partial charge in [0.1, 0.15) is 11.5 Å². The van der Waals surface area contributed by atoms with E-state index in [0.717, 1.165) is 102 Å². The Bertz CT molecular complexity index is 2040. The lowest BCUT2D eigenvalue weighted by Crippen LogP contribution is -2.36. The van der Waals surface area contributed by atoms with Gasteiger partial charge in [-0.05, 0) is 167 Å². The first kappa shape index (κ1) is 43.9. The number of nitrogens with zero attached hydrogens (tertiary/aromatic N) is 2. The van der Waals surface area contributed by atoms with Crippen LogP contribution in [0.2, 0.25) is 0 Å². The molecule has 0 aromatic heterocycles. The Morgan fingerprint density at radius 3 is 1.42 bits per heavy atom. The van der Waals surface area contributed by atoms with E-state index in [0.29, 0.717) is 29.6 Å². The molecule has 2 heterocycles. The largest absolute Gasteiger partial charge is 0.490 e. The van der Waals surface area contributed by atoms with Crippen LogP contribution < -0.4 is 9.47 Å². The zero-order valence-electron chi connectivity index (χ0n) is 37.1. The molecule has 4 aliphatic rings. The minimum atomic E-state index is -0.649. The molecule has 0 unspecified atom stereocenters. The van der Waals surface area contributed by atoms with Crippen molar-refractivity contribution in [2.75, 3.05) is 32.8 Å². The summed E-state index contributed by atoms with van der Waals surface area (Å²) >= 11 is 0. The van der Waals surface area contributed by atoms with Crippen LogP contribution in [0.3, 0.4) is 0 Å². The van der Waals surface area contributed by atoms with Crippen LogP contribution in [0.1, 0.15) is 123 Å². The predicted octanol–water partition coefficient (Wildman–Crippen LogP) is 11.4. The number of carbonyl (C=O) groups excluding carboxylic acids is 1. The van der Waals surface area contributed by atoms with E-state index in [-0.39, 0.29) is 17.8 Å². The number of carboxylic acid groups (broad SMARTS) is 1. The highest BCUT2D eigenvalue weighted by Crippen LogP contribution is 2.39. The van der Waals surface area contributed by atoms with Gasteiger partial charge in [-0.15, -0.1) is 0 Å². The first-order chi connectivity index (χ1) is 28.8. The van der Waals surface area contributed by atoms with E-state index >= 15 is 0 Å². The van der Waals surface area contributed by atoms with Crippen LogP contribution in [0, 0.1) is 22.7 Å². The summed E-state index contributed by atoms with van der Waals surface area (Å²) in [5.41, 5.74) is 3.51. The summed E-state index contributed by atoms with van der Waals surface area (Å²) in [4.78, 5) is 27.9. The van der Waals surface area contributed by atoms with Gasteiger partial charge in [-0.3, -0.25) is 19.4 Å². The molecule has 0 spiro atoms. The molecule has 2 saturated heterocycles. The summed E-state index contributed by atoms with van der Waals surface area (Å²) in [7, 11) is 0. The fourth-order valence-electron chi connectivity index (χ4n) is 9.79. The van der Waals surface area contributed by atoms with Crippen LogP contribution in [0.25, 0.3) is 21.5 Å². The van der Waals surface area contributed by atoms with Crippen LogP contribution in [-0.2, 0) is 27.4 Å². The Morgan fingerprint density at radius 1 is 0.600 bits per heavy atom. The quantitative estimate of drug-likeness (QED) is 0.150. The van der Waals surface area contributed by atoms with Gasteiger partial charge in [-0.25, -0.2) is 0 Å². The molecule has 324 valence electrons. The maximum atomic E-state index is 12.0. The number of likely N-dealkylation sites (tertiary alicyclic amines) is 2. The van der Waals surface area contributed by atoms with Gasteiger partial charge in [0.15, 0.2) is 0 Å². The Balaban J connectivity index is 0.000000182. The Hall–Kier alpha value is -4.14. The standard InChI is InChI=1S/C27H37NO3.C25H33NO3/c1-4-30-26(29)21-12-16-28(17-13-21)19-20-8-9-24-22(18-20)6-5-7-25(24)31-23-10-14-27(2,3)15-11-23;1-25(2)12-8-21(9-13-25)29-23-5-3-4-20-16-18(6-7-22(20)23)17-26-14-10-19(11-15-26)24(27)28/h5-9,18,21,23H,4,10-17,19H2,1-3H3;3-7,16,19,21H,8-15,17H2,1-2H3,(H,27,28). The number of esters is 1. The van der Waals surface area contributed by atoms with Gasteiger partial charge in [-0.1, -0.05) is 76.2 Å². The van der Waals surface area contributed by atoms with Crippen LogP contribution >= 0.6 is 0 Å². The summed E-state index contributed by atoms with van der Waals surface area (Å²) in [6, 6.07) is 26.1. The fourth-order valence-corrected chi connectivity index (χ4v) is 9.79. The Labute approximate surface area is 358 Å². The zero-order chi connectivity index (χ0) is 42.3. The molecule has 0 amide bonds. The average molecular weight is 819 g/mol. The van der Waals surface area contributed by atoms with Crippen molar-refractivity contribution in [2.24, 2.45) is 22.7 Å². The fraction of sp³-hybridized carbons (Fsp3) is 0.577. The molecule has 4 aromatic rings. The van der Waals surface area contributed by atoms with Gasteiger partial charge in [0.05, 0.1) is 30.7 Å². The monoisotopic (exact) mass is 819 g/mol. The Kier molecular flexibility index (Phi) is 14.4. The van der Waals surface area contributed by atoms with E-state index in [1.165, 1.54) is 58.4 Å². The van der Waals surface area contributed by atoms with Crippen molar-refractivity contribution in [3.05, 3.63) is 83.9 Å². The van der Waals surface area contributed by atoms with Crippen molar-refractivity contribution < 1.29 is 28.9 Å². The topological polar surface area (TPSA) is 88.5 Å². The molecule has 2 saturated carbocycles. The van der Waals surface area contributed by atoms with Crippen LogP contribution in [0.15, 0.2) is 72.8 Å². The highest BCUT2D eigenvalue weighted by molar-refractivity contribution is 5.89. The highest BCUT2D eigenvalue weighted by atomic mass is 16.5. The van der Waals surface area contributed by atoms with Gasteiger partial charge in [0.25, 0.3) is 0 Å². The lowest BCUT2D eigenvalue weighted by atomic mass is 9.76. The number of aliphatic carboxylic acids is 1. The van der Waals surface area contributed by atoms with Gasteiger partial charge >= 0.3 is 11.9 Å². The summed E-state index contributed by atoms with van der Waals surface area (Å²) in [5, 5.41) is 14.0. The van der Waals surface area contributed by atoms with Gasteiger partial charge < -0.3 is 19.3 Å². The summed E-state index contributed by atoms with van der Waals surface area (Å²) in [6.07, 6.45) is 13.4. The molecule has 0 bridgehead atoms. The molecule has 0 atom stereocenters. The van der Waals surface area contributed by atoms with E-state index in [9.17, 15) is 14.7 Å². The number of ether oxygens (including phenoxy) is 3. The molecule has 4 fully saturated rings. The maximum Gasteiger partial charge on any atom is 0.309 e. The number of benzene rings is 4. The summed E-state index contributed by atoms with van der Waals surface area (Å²) in [5.74, 6) is 1.24. The van der Waals surface area contributed by atoms with Crippen LogP contribution in [0.4, 0.5) is 0 Å². The molecular weight excluding hydrogens is 749 g/mol. The summed E-state index contributed by atoms with van der Waals surface area (Å²) < 4.78 is 18.1. The zero-order valence-corrected chi connectivity index (χ0v) is 37.1. The van der Waals surface area contributed by atoms with Crippen molar-refractivity contribution in [1.82, 2.24) is 9.80 Å². The maximum absolute atomic E-state index is 12.0. The molecule has 8 rings (SSSR count). The molecule has 0 radical (unpaired) electrons. The summed E-state index contributed by atoms with van der Waals surface area (Å²) in [6.45, 7) is 17.2. The highest BCUT2D eigenvalue weighted by Gasteiger charge is 2.30. The molecule has 60 heavy (non-hydrogen) atoms. The van der Waals surface area contributed by atoms with Gasteiger partial charge in [0.2, 0.25) is 0 Å². The van der Waals surface area contributed by atoms with E-state index in [1.807, 2.05) is 6.92 Å². The van der Waals surface area contributed by atoms with Crippen molar-refractivity contribution in [2.45, 2.75) is 137 Å². The second-order valence-electron chi connectivity index (χ2n) is 19.8. The third-order valence-electron chi connectivity index (χ3n) is 13.9.